The van der Waals surface area contributed by atoms with Crippen LogP contribution in [0.2, 0.25) is 0 Å². The first-order valence-electron chi connectivity index (χ1n) is 30.1. The number of hydrogen-bond acceptors (Lipinski definition) is 4. The van der Waals surface area contributed by atoms with Crippen LogP contribution < -0.4 is 14.4 Å². The number of para-hydroxylation sites is 2. The van der Waals surface area contributed by atoms with Crippen molar-refractivity contribution < 1.29 is 22.7 Å². The normalized spacial score (nSPS) is 16.3. The minimum Gasteiger partial charge on any atom is -0.457 e. The van der Waals surface area contributed by atoms with Gasteiger partial charge in [-0.15, -0.1) is 0 Å². The summed E-state index contributed by atoms with van der Waals surface area (Å²) in [4.78, 5) is 2.40. The van der Waals surface area contributed by atoms with E-state index in [0.717, 1.165) is 122 Å². The van der Waals surface area contributed by atoms with Crippen molar-refractivity contribution in [3.05, 3.63) is 377 Å². The summed E-state index contributed by atoms with van der Waals surface area (Å²) < 4.78 is 50.2. The molecule has 0 N–H and O–H groups in total. The summed E-state index contributed by atoms with van der Waals surface area (Å²) in [6, 6.07) is 95.6. The molecule has 0 radical (unpaired) electrons. The van der Waals surface area contributed by atoms with Gasteiger partial charge in [-0.25, -0.2) is 8.78 Å². The molecule has 15 rings (SSSR count). The first-order chi connectivity index (χ1) is 44.2. The van der Waals surface area contributed by atoms with Gasteiger partial charge in [-0.3, -0.25) is 0 Å². The lowest BCUT2D eigenvalue weighted by atomic mass is 9.67. The third-order valence-electron chi connectivity index (χ3n) is 18.0. The lowest BCUT2D eigenvalue weighted by Gasteiger charge is -2.36. The van der Waals surface area contributed by atoms with Gasteiger partial charge in [-0.05, 0) is 206 Å². The number of furan rings is 1. The van der Waals surface area contributed by atoms with E-state index in [4.69, 9.17) is 13.9 Å². The van der Waals surface area contributed by atoms with E-state index in [0.29, 0.717) is 29.5 Å². The van der Waals surface area contributed by atoms with Crippen molar-refractivity contribution in [2.75, 3.05) is 11.4 Å². The van der Waals surface area contributed by atoms with Crippen molar-refractivity contribution in [1.82, 2.24) is 0 Å². The molecule has 2 atom stereocenters. The largest absolute Gasteiger partial charge is 0.457 e. The number of allylic oxidation sites excluding steroid dienone is 3. The molecule has 4 nitrogen and oxygen atoms in total. The Hall–Kier alpha value is -11.5. The summed E-state index contributed by atoms with van der Waals surface area (Å²) in [7, 11) is 0. The number of hydrogen-bond donors (Lipinski definition) is 0. The van der Waals surface area contributed by atoms with Crippen LogP contribution in [0, 0.1) is 23.8 Å². The van der Waals surface area contributed by atoms with Crippen molar-refractivity contribution in [1.29, 1.82) is 0 Å². The van der Waals surface area contributed by atoms with Crippen molar-refractivity contribution in [2.24, 2.45) is 0 Å². The minimum atomic E-state index is -1.01. The van der Waals surface area contributed by atoms with E-state index in [-0.39, 0.29) is 11.6 Å². The zero-order chi connectivity index (χ0) is 60.9. The van der Waals surface area contributed by atoms with Gasteiger partial charge in [0.05, 0.1) is 10.8 Å². The lowest BCUT2D eigenvalue weighted by Crippen LogP contribution is -2.30. The fraction of sp³-hybridized carbons (Fsp3) is 0.0476. The van der Waals surface area contributed by atoms with Crippen LogP contribution >= 0.6 is 0 Å². The van der Waals surface area contributed by atoms with Crippen molar-refractivity contribution in [3.63, 3.8) is 0 Å². The van der Waals surface area contributed by atoms with Crippen molar-refractivity contribution >= 4 is 51.0 Å². The number of halogens is 2. The highest BCUT2D eigenvalue weighted by atomic mass is 19.1. The molecule has 0 amide bonds. The maximum atomic E-state index is 15.4. The Morgan fingerprint density at radius 3 is 1.61 bits per heavy atom. The molecule has 2 aliphatic carbocycles. The van der Waals surface area contributed by atoms with Gasteiger partial charge in [0.15, 0.2) is 0 Å². The number of fused-ring (bicyclic) bond motifs is 7. The van der Waals surface area contributed by atoms with Gasteiger partial charge in [0.25, 0.3) is 0 Å². The fourth-order valence-corrected chi connectivity index (χ4v) is 13.9. The topological polar surface area (TPSA) is 34.8 Å². The zero-order valence-corrected chi connectivity index (χ0v) is 49.3. The van der Waals surface area contributed by atoms with Crippen LogP contribution in [0.1, 0.15) is 62.6 Å². The Kier molecular flexibility index (Phi) is 13.9. The van der Waals surface area contributed by atoms with Crippen LogP contribution in [0.4, 0.5) is 20.2 Å². The van der Waals surface area contributed by atoms with Crippen LogP contribution in [-0.4, -0.2) is 6.54 Å². The van der Waals surface area contributed by atoms with Crippen LogP contribution in [0.25, 0.3) is 61.9 Å². The Morgan fingerprint density at radius 2 is 1.00 bits per heavy atom. The number of nitrogens with zero attached hydrogens (tertiary/aromatic N) is 1. The molecule has 0 saturated heterocycles. The summed E-state index contributed by atoms with van der Waals surface area (Å²) in [5, 5.41) is 2.10. The predicted molar refractivity (Wildman–Crippen MR) is 362 cm³/mol. The molecule has 430 valence electrons. The van der Waals surface area contributed by atoms with Crippen molar-refractivity contribution in [3.8, 4) is 45.3 Å². The van der Waals surface area contributed by atoms with Gasteiger partial charge < -0.3 is 18.8 Å². The van der Waals surface area contributed by atoms with E-state index in [1.54, 1.807) is 24.3 Å². The molecule has 90 heavy (non-hydrogen) atoms. The van der Waals surface area contributed by atoms with E-state index in [1.165, 1.54) is 0 Å². The molecule has 0 saturated carbocycles. The molecule has 6 heteroatoms. The molecule has 12 aromatic carbocycles. The maximum absolute atomic E-state index is 15.4. The molecule has 2 unspecified atom stereocenters. The molecule has 1 heterocycles. The zero-order valence-electron chi connectivity index (χ0n) is 49.3. The molecule has 2 aliphatic rings. The standard InChI is InChI=1S/C84H57F2NO3/c1-4-55-23-41-65(42-24-55)88-67-45-32-60(33-46-67)83(58-28-36-62(85)37-29-58)76-19-11-7-16-71(76)69(6-3)78(83)51-52-87(80-21-13-9-15-70(80)57-27-49-75-74-18-10-14-22-81(74)90-82(75)53-57)64-40-50-73-72-17-8-12-20-77(72)84(79(73)54-64,59-30-38-63(86)39-31-59)61-34-47-68(48-35-61)89-66-43-25-56(5-2)26-44-66/h4-10,12-18,20-51,53-54H,1-2,52H2,3H3/b69-6-,78-51+. The summed E-state index contributed by atoms with van der Waals surface area (Å²) >= 11 is 0. The van der Waals surface area contributed by atoms with Crippen LogP contribution in [0.3, 0.4) is 0 Å². The SMILES string of the molecule is C=Cc1ccc(Oc2ccc(C3(c4ccc(F)cc4)C(=C/CN(c4ccc5c(c4)C(c4ccc(F)cc4)(c4ccc(Oc6ccc(C=C)cc6)cc4)c4ccccc4-5)c4ccccc4-c4ccc5c(c4)oc4ccccc45)/C(=C\C)c4ccc#cc43)cc2)cc1. The Bertz CT molecular complexity index is 4960. The third kappa shape index (κ3) is 9.21. The van der Waals surface area contributed by atoms with E-state index < -0.39 is 10.8 Å². The van der Waals surface area contributed by atoms with Crippen LogP contribution in [0.15, 0.2) is 302 Å². The quantitative estimate of drug-likeness (QED) is 0.102. The fourth-order valence-electron chi connectivity index (χ4n) is 13.9. The van der Waals surface area contributed by atoms with Gasteiger partial charge in [0, 0.05) is 39.8 Å². The number of rotatable bonds is 15. The summed E-state index contributed by atoms with van der Waals surface area (Å²) in [6.45, 7) is 10.3. The van der Waals surface area contributed by atoms with Gasteiger partial charge in [-0.2, -0.15) is 0 Å². The Morgan fingerprint density at radius 1 is 0.478 bits per heavy atom. The monoisotopic (exact) mass is 1170 g/mol. The number of ether oxygens (including phenoxy) is 2. The summed E-state index contributed by atoms with van der Waals surface area (Å²) in [5.41, 5.74) is 17.4. The Labute approximate surface area is 522 Å². The number of anilines is 2. The molecule has 0 aliphatic heterocycles. The van der Waals surface area contributed by atoms with Crippen LogP contribution in [-0.2, 0) is 10.8 Å². The lowest BCUT2D eigenvalue weighted by molar-refractivity contribution is 0.482. The second-order valence-corrected chi connectivity index (χ2v) is 22.7. The summed E-state index contributed by atoms with van der Waals surface area (Å²) in [5.74, 6) is 2.09. The highest BCUT2D eigenvalue weighted by Gasteiger charge is 2.49. The van der Waals surface area contributed by atoms with Gasteiger partial charge >= 0.3 is 0 Å². The van der Waals surface area contributed by atoms with E-state index >= 15 is 8.78 Å². The molecular formula is C84H57F2NO3. The third-order valence-corrected chi connectivity index (χ3v) is 18.0. The molecule has 0 bridgehead atoms. The van der Waals surface area contributed by atoms with Gasteiger partial charge in [-0.1, -0.05) is 195 Å². The highest BCUT2D eigenvalue weighted by molar-refractivity contribution is 6.06. The van der Waals surface area contributed by atoms with Crippen molar-refractivity contribution in [2.45, 2.75) is 17.8 Å². The first-order valence-corrected chi connectivity index (χ1v) is 30.1. The molecule has 13 aromatic rings. The van der Waals surface area contributed by atoms with Gasteiger partial charge in [0.2, 0.25) is 0 Å². The average molecular weight is 1170 g/mol. The molecule has 0 spiro atoms. The van der Waals surface area contributed by atoms with Crippen LogP contribution in [0.5, 0.6) is 23.0 Å². The number of benzene rings is 11. The first kappa shape index (κ1) is 55.1. The Balaban J connectivity index is 0.942. The van der Waals surface area contributed by atoms with E-state index in [9.17, 15) is 0 Å². The molecular weight excluding hydrogens is 1110 g/mol. The second-order valence-electron chi connectivity index (χ2n) is 22.7. The highest BCUT2D eigenvalue weighted by Crippen LogP contribution is 2.59. The summed E-state index contributed by atoms with van der Waals surface area (Å²) in [6.07, 6.45) is 8.13. The maximum Gasteiger partial charge on any atom is 0.136 e. The van der Waals surface area contributed by atoms with E-state index in [1.807, 2.05) is 133 Å². The molecule has 1 aromatic heterocycles. The minimum absolute atomic E-state index is 0.321. The average Bonchev–Trinajstić information content (AvgIpc) is 1.59. The molecule has 0 fully saturated rings. The van der Waals surface area contributed by atoms with Gasteiger partial charge in [0.1, 0.15) is 45.8 Å². The van der Waals surface area contributed by atoms with E-state index in [2.05, 4.69) is 171 Å². The second kappa shape index (κ2) is 22.6. The predicted octanol–water partition coefficient (Wildman–Crippen LogP) is 21.9. The smallest absolute Gasteiger partial charge is 0.136 e.